The van der Waals surface area contributed by atoms with E-state index in [0.29, 0.717) is 16.3 Å². The van der Waals surface area contributed by atoms with Crippen molar-refractivity contribution < 1.29 is 14.0 Å². The number of pyridine rings is 1. The lowest BCUT2D eigenvalue weighted by atomic mass is 10.2. The molecule has 1 aromatic heterocycles. The molecule has 2 amide bonds. The van der Waals surface area contributed by atoms with Crippen molar-refractivity contribution in [1.29, 1.82) is 0 Å². The van der Waals surface area contributed by atoms with Gasteiger partial charge in [-0.15, -0.1) is 0 Å². The zero-order valence-electron chi connectivity index (χ0n) is 10.7. The summed E-state index contributed by atoms with van der Waals surface area (Å²) in [6.07, 6.45) is 3.17. The first-order valence-electron chi connectivity index (χ1n) is 6.10. The topological polar surface area (TPSA) is 50.3 Å². The maximum absolute atomic E-state index is 12.9. The maximum Gasteiger partial charge on any atom is 0.298 e. The van der Waals surface area contributed by atoms with Gasteiger partial charge >= 0.3 is 0 Å². The quantitative estimate of drug-likeness (QED) is 0.797. The van der Waals surface area contributed by atoms with Gasteiger partial charge in [-0.1, -0.05) is 6.07 Å². The molecule has 3 rings (SSSR count). The number of thioether (sulfide) groups is 1. The minimum absolute atomic E-state index is 0.294. The number of halogens is 1. The smallest absolute Gasteiger partial charge is 0.268 e. The Hall–Kier alpha value is -2.47. The van der Waals surface area contributed by atoms with Crippen molar-refractivity contribution in [3.8, 4) is 0 Å². The van der Waals surface area contributed by atoms with Crippen LogP contribution in [0.3, 0.4) is 0 Å². The summed E-state index contributed by atoms with van der Waals surface area (Å²) < 4.78 is 12.9. The predicted molar refractivity (Wildman–Crippen MR) is 79.1 cm³/mol. The standard InChI is InChI=1S/C15H9FN2O2S/c16-10-4-6-12(7-5-10)18-14(19)13(21-15(18)20)9-11-3-1-2-8-17-11/h1-9H/b13-9-. The van der Waals surface area contributed by atoms with Gasteiger partial charge in [0.15, 0.2) is 0 Å². The molecule has 4 nitrogen and oxygen atoms in total. The van der Waals surface area contributed by atoms with Gasteiger partial charge in [0.05, 0.1) is 16.3 Å². The van der Waals surface area contributed by atoms with Gasteiger partial charge in [0, 0.05) is 6.20 Å². The minimum Gasteiger partial charge on any atom is -0.268 e. The van der Waals surface area contributed by atoms with Crippen LogP contribution in [0.25, 0.3) is 6.08 Å². The van der Waals surface area contributed by atoms with Crippen molar-refractivity contribution >= 4 is 34.7 Å². The van der Waals surface area contributed by atoms with E-state index in [1.165, 1.54) is 24.3 Å². The summed E-state index contributed by atoms with van der Waals surface area (Å²) in [5.41, 5.74) is 0.949. The molecule has 0 unspecified atom stereocenters. The molecule has 21 heavy (non-hydrogen) atoms. The largest absolute Gasteiger partial charge is 0.298 e. The second kappa shape index (κ2) is 5.49. The number of aromatic nitrogens is 1. The summed E-state index contributed by atoms with van der Waals surface area (Å²) in [5.74, 6) is -0.850. The van der Waals surface area contributed by atoms with E-state index in [1.807, 2.05) is 0 Å². The first-order valence-corrected chi connectivity index (χ1v) is 6.91. The van der Waals surface area contributed by atoms with Crippen LogP contribution < -0.4 is 4.90 Å². The first kappa shape index (κ1) is 13.5. The number of rotatable bonds is 2. The summed E-state index contributed by atoms with van der Waals surface area (Å²) in [6.45, 7) is 0. The lowest BCUT2D eigenvalue weighted by Crippen LogP contribution is -2.27. The van der Waals surface area contributed by atoms with Gasteiger partial charge in [0.25, 0.3) is 11.1 Å². The average molecular weight is 300 g/mol. The van der Waals surface area contributed by atoms with Gasteiger partial charge < -0.3 is 0 Å². The van der Waals surface area contributed by atoms with E-state index >= 15 is 0 Å². The summed E-state index contributed by atoms with van der Waals surface area (Å²) in [6, 6.07) is 10.5. The van der Waals surface area contributed by atoms with E-state index in [-0.39, 0.29) is 0 Å². The molecule has 2 heterocycles. The van der Waals surface area contributed by atoms with Gasteiger partial charge in [0.1, 0.15) is 5.82 Å². The third-order valence-corrected chi connectivity index (χ3v) is 3.71. The van der Waals surface area contributed by atoms with E-state index in [9.17, 15) is 14.0 Å². The van der Waals surface area contributed by atoms with Crippen LogP contribution in [0.5, 0.6) is 0 Å². The molecular formula is C15H9FN2O2S. The van der Waals surface area contributed by atoms with Crippen LogP contribution in [-0.4, -0.2) is 16.1 Å². The molecule has 1 saturated heterocycles. The lowest BCUT2D eigenvalue weighted by Gasteiger charge is -2.11. The number of benzene rings is 1. The molecule has 2 aromatic rings. The second-order valence-electron chi connectivity index (χ2n) is 4.25. The molecule has 1 aromatic carbocycles. The number of amides is 2. The predicted octanol–water partition coefficient (Wildman–Crippen LogP) is 3.46. The normalized spacial score (nSPS) is 16.8. The zero-order valence-corrected chi connectivity index (χ0v) is 11.5. The molecule has 6 heteroatoms. The first-order chi connectivity index (χ1) is 10.1. The fraction of sp³-hybridized carbons (Fsp3) is 0. The molecule has 0 bridgehead atoms. The molecule has 0 aliphatic carbocycles. The molecule has 1 fully saturated rings. The Balaban J connectivity index is 1.92. The Labute approximate surface area is 124 Å². The van der Waals surface area contributed by atoms with Crippen LogP contribution in [0.4, 0.5) is 14.9 Å². The van der Waals surface area contributed by atoms with E-state index in [4.69, 9.17) is 0 Å². The highest BCUT2D eigenvalue weighted by Crippen LogP contribution is 2.35. The molecule has 0 saturated carbocycles. The lowest BCUT2D eigenvalue weighted by molar-refractivity contribution is -0.113. The van der Waals surface area contributed by atoms with Gasteiger partial charge in [-0.25, -0.2) is 9.29 Å². The summed E-state index contributed by atoms with van der Waals surface area (Å²) >= 11 is 0.840. The maximum atomic E-state index is 12.9. The Morgan fingerprint density at radius 1 is 1.10 bits per heavy atom. The number of hydrogen-bond donors (Lipinski definition) is 0. The van der Waals surface area contributed by atoms with Crippen molar-refractivity contribution in [2.45, 2.75) is 0 Å². The third kappa shape index (κ3) is 2.71. The fourth-order valence-corrected chi connectivity index (χ4v) is 2.70. The monoisotopic (exact) mass is 300 g/mol. The van der Waals surface area contributed by atoms with Gasteiger partial charge in [-0.2, -0.15) is 0 Å². The molecule has 0 N–H and O–H groups in total. The number of anilines is 1. The number of carbonyl (C=O) groups is 2. The molecule has 0 radical (unpaired) electrons. The highest BCUT2D eigenvalue weighted by Gasteiger charge is 2.36. The van der Waals surface area contributed by atoms with Crippen LogP contribution in [0.1, 0.15) is 5.69 Å². The van der Waals surface area contributed by atoms with Crippen LogP contribution in [0, 0.1) is 5.82 Å². The molecule has 1 aliphatic rings. The highest BCUT2D eigenvalue weighted by atomic mass is 32.2. The zero-order chi connectivity index (χ0) is 14.8. The van der Waals surface area contributed by atoms with Crippen LogP contribution in [0.2, 0.25) is 0 Å². The van der Waals surface area contributed by atoms with Crippen LogP contribution in [-0.2, 0) is 4.79 Å². The van der Waals surface area contributed by atoms with Crippen molar-refractivity contribution in [2.75, 3.05) is 4.90 Å². The number of imide groups is 1. The van der Waals surface area contributed by atoms with Gasteiger partial charge in [0.2, 0.25) is 0 Å². The molecule has 0 atom stereocenters. The van der Waals surface area contributed by atoms with E-state index in [0.717, 1.165) is 16.7 Å². The average Bonchev–Trinajstić information content (AvgIpc) is 2.76. The Morgan fingerprint density at radius 2 is 1.86 bits per heavy atom. The Bertz CT molecular complexity index is 729. The van der Waals surface area contributed by atoms with Crippen molar-refractivity contribution in [1.82, 2.24) is 4.98 Å². The number of nitrogens with zero attached hydrogens (tertiary/aromatic N) is 2. The van der Waals surface area contributed by atoms with Crippen LogP contribution in [0.15, 0.2) is 53.6 Å². The SMILES string of the molecule is O=C1S/C(=C\c2ccccn2)C(=O)N1c1ccc(F)cc1. The second-order valence-corrected chi connectivity index (χ2v) is 5.24. The number of carbonyl (C=O) groups excluding carboxylic acids is 2. The molecular weight excluding hydrogens is 291 g/mol. The summed E-state index contributed by atoms with van der Waals surface area (Å²) in [4.78, 5) is 29.7. The van der Waals surface area contributed by atoms with Crippen molar-refractivity contribution in [3.63, 3.8) is 0 Å². The highest BCUT2D eigenvalue weighted by molar-refractivity contribution is 8.19. The Kier molecular flexibility index (Phi) is 3.53. The third-order valence-electron chi connectivity index (χ3n) is 2.85. The van der Waals surface area contributed by atoms with E-state index < -0.39 is 17.0 Å². The van der Waals surface area contributed by atoms with Crippen molar-refractivity contribution in [2.24, 2.45) is 0 Å². The summed E-state index contributed by atoms with van der Waals surface area (Å²) in [5, 5.41) is -0.409. The molecule has 104 valence electrons. The molecule has 0 spiro atoms. The molecule has 1 aliphatic heterocycles. The summed E-state index contributed by atoms with van der Waals surface area (Å²) in [7, 11) is 0. The number of hydrogen-bond acceptors (Lipinski definition) is 4. The van der Waals surface area contributed by atoms with Gasteiger partial charge in [-0.05, 0) is 54.2 Å². The Morgan fingerprint density at radius 3 is 2.52 bits per heavy atom. The van der Waals surface area contributed by atoms with E-state index in [1.54, 1.807) is 30.5 Å². The van der Waals surface area contributed by atoms with Crippen LogP contribution >= 0.6 is 11.8 Å². The minimum atomic E-state index is -0.428. The van der Waals surface area contributed by atoms with Gasteiger partial charge in [-0.3, -0.25) is 14.6 Å². The van der Waals surface area contributed by atoms with Crippen molar-refractivity contribution in [3.05, 3.63) is 65.1 Å². The fourth-order valence-electron chi connectivity index (χ4n) is 1.88. The van der Waals surface area contributed by atoms with E-state index in [2.05, 4.69) is 4.98 Å².